The predicted octanol–water partition coefficient (Wildman–Crippen LogP) is 6.75. The van der Waals surface area contributed by atoms with Gasteiger partial charge in [-0.25, -0.2) is 15.0 Å². The van der Waals surface area contributed by atoms with E-state index in [0.29, 0.717) is 41.2 Å². The van der Waals surface area contributed by atoms with Crippen LogP contribution in [0.4, 0.5) is 0 Å². The van der Waals surface area contributed by atoms with Crippen LogP contribution in [-0.2, 0) is 13.2 Å². The summed E-state index contributed by atoms with van der Waals surface area (Å²) in [6.07, 6.45) is 4.34. The van der Waals surface area contributed by atoms with Gasteiger partial charge in [-0.3, -0.25) is 13.9 Å². The molecule has 0 amide bonds. The zero-order chi connectivity index (χ0) is 26.8. The number of aromatic nitrogens is 5. The van der Waals surface area contributed by atoms with Crippen LogP contribution in [0.25, 0.3) is 38.9 Å². The number of ether oxygens (including phenoxy) is 1. The van der Waals surface area contributed by atoms with Gasteiger partial charge in [0.25, 0.3) is 5.56 Å². The van der Waals surface area contributed by atoms with E-state index in [1.54, 1.807) is 4.57 Å². The third kappa shape index (κ3) is 4.76. The average molecular weight is 518 g/mol. The Balaban J connectivity index is 1.47. The van der Waals surface area contributed by atoms with Crippen LogP contribution >= 0.6 is 0 Å². The van der Waals surface area contributed by atoms with E-state index in [2.05, 4.69) is 6.92 Å². The Morgan fingerprint density at radius 2 is 1.49 bits per heavy atom. The summed E-state index contributed by atoms with van der Waals surface area (Å²) >= 11 is 0. The maximum Gasteiger partial charge on any atom is 0.265 e. The lowest BCUT2D eigenvalue weighted by Gasteiger charge is -2.11. The second kappa shape index (κ2) is 10.7. The van der Waals surface area contributed by atoms with Crippen LogP contribution in [0.3, 0.4) is 0 Å². The fourth-order valence-electron chi connectivity index (χ4n) is 5.07. The number of fused-ring (bicyclic) bond motifs is 4. The zero-order valence-electron chi connectivity index (χ0n) is 22.3. The van der Waals surface area contributed by atoms with Gasteiger partial charge in [-0.1, -0.05) is 68.7 Å². The molecule has 0 unspecified atom stereocenters. The highest BCUT2D eigenvalue weighted by Crippen LogP contribution is 2.29. The Morgan fingerprint density at radius 1 is 0.769 bits per heavy atom. The van der Waals surface area contributed by atoms with E-state index in [0.717, 1.165) is 53.7 Å². The van der Waals surface area contributed by atoms with Crippen molar-refractivity contribution in [1.82, 2.24) is 24.1 Å². The molecule has 0 bridgehead atoms. The lowest BCUT2D eigenvalue weighted by Crippen LogP contribution is -2.24. The molecule has 6 rings (SSSR count). The van der Waals surface area contributed by atoms with Crippen molar-refractivity contribution in [3.8, 4) is 11.4 Å². The van der Waals surface area contributed by atoms with Crippen molar-refractivity contribution in [2.24, 2.45) is 0 Å². The first-order valence-corrected chi connectivity index (χ1v) is 13.6. The molecule has 0 aliphatic carbocycles. The van der Waals surface area contributed by atoms with Crippen molar-refractivity contribution in [3.05, 3.63) is 101 Å². The summed E-state index contributed by atoms with van der Waals surface area (Å²) in [5, 5.41) is 0.508. The molecule has 0 aliphatic heterocycles. The number of para-hydroxylation sites is 2. The monoisotopic (exact) mass is 517 g/mol. The van der Waals surface area contributed by atoms with Crippen molar-refractivity contribution in [3.63, 3.8) is 0 Å². The molecular weight excluding hydrogens is 486 g/mol. The highest BCUT2D eigenvalue weighted by molar-refractivity contribution is 6.05. The number of rotatable bonds is 9. The molecule has 3 aromatic carbocycles. The smallest absolute Gasteiger partial charge is 0.265 e. The standard InChI is InChI=1S/C32H31N5O2/c1-3-4-5-11-20-36-22(2)33-30-28(32(36)38)29-31(35-27-15-10-9-14-26(27)34-29)37(30)24-16-18-25(19-17-24)39-21-23-12-7-6-8-13-23/h6-10,12-19H,3-5,11,20-21H2,1-2H3. The van der Waals surface area contributed by atoms with E-state index in [1.165, 1.54) is 0 Å². The van der Waals surface area contributed by atoms with Gasteiger partial charge in [-0.2, -0.15) is 0 Å². The van der Waals surface area contributed by atoms with Gasteiger partial charge in [0.15, 0.2) is 11.3 Å². The van der Waals surface area contributed by atoms with Crippen LogP contribution < -0.4 is 10.3 Å². The summed E-state index contributed by atoms with van der Waals surface area (Å²) in [6, 6.07) is 25.7. The quantitative estimate of drug-likeness (QED) is 0.198. The lowest BCUT2D eigenvalue weighted by atomic mass is 10.2. The second-order valence-corrected chi connectivity index (χ2v) is 9.86. The minimum absolute atomic E-state index is 0.0647. The molecule has 0 fully saturated rings. The normalized spacial score (nSPS) is 11.5. The molecule has 0 radical (unpaired) electrons. The van der Waals surface area contributed by atoms with E-state index in [-0.39, 0.29) is 5.56 Å². The molecule has 7 heteroatoms. The summed E-state index contributed by atoms with van der Waals surface area (Å²) in [5.41, 5.74) is 5.19. The molecule has 0 saturated carbocycles. The van der Waals surface area contributed by atoms with Gasteiger partial charge in [-0.05, 0) is 55.3 Å². The Bertz CT molecular complexity index is 1820. The van der Waals surface area contributed by atoms with Crippen LogP contribution in [0.15, 0.2) is 83.7 Å². The molecule has 0 N–H and O–H groups in total. The van der Waals surface area contributed by atoms with Crippen LogP contribution in [-0.4, -0.2) is 24.1 Å². The number of unbranched alkanes of at least 4 members (excludes halogenated alkanes) is 3. The van der Waals surface area contributed by atoms with E-state index >= 15 is 0 Å². The fraction of sp³-hybridized carbons (Fsp3) is 0.250. The van der Waals surface area contributed by atoms with Gasteiger partial charge in [0.1, 0.15) is 29.1 Å². The maximum atomic E-state index is 13.9. The van der Waals surface area contributed by atoms with E-state index in [4.69, 9.17) is 19.7 Å². The number of hydrogen-bond acceptors (Lipinski definition) is 5. The molecular formula is C32H31N5O2. The molecule has 0 aliphatic rings. The van der Waals surface area contributed by atoms with Gasteiger partial charge in [0.05, 0.1) is 11.0 Å². The zero-order valence-corrected chi connectivity index (χ0v) is 22.3. The van der Waals surface area contributed by atoms with Gasteiger partial charge < -0.3 is 4.74 Å². The summed E-state index contributed by atoms with van der Waals surface area (Å²) in [4.78, 5) is 28.7. The molecule has 0 atom stereocenters. The number of nitrogens with zero attached hydrogens (tertiary/aromatic N) is 5. The van der Waals surface area contributed by atoms with Gasteiger partial charge in [-0.15, -0.1) is 0 Å². The molecule has 7 nitrogen and oxygen atoms in total. The van der Waals surface area contributed by atoms with Crippen molar-refractivity contribution in [1.29, 1.82) is 0 Å². The number of benzene rings is 3. The topological polar surface area (TPSA) is 74.8 Å². The first-order chi connectivity index (χ1) is 19.1. The van der Waals surface area contributed by atoms with Crippen molar-refractivity contribution in [2.75, 3.05) is 0 Å². The van der Waals surface area contributed by atoms with E-state index < -0.39 is 0 Å². The Labute approximate surface area is 226 Å². The SMILES string of the molecule is CCCCCCn1c(C)nc2c(c1=O)c1nc3ccccc3nc1n2-c1ccc(OCc2ccccc2)cc1. The molecule has 196 valence electrons. The first-order valence-electron chi connectivity index (χ1n) is 13.6. The number of aryl methyl sites for hydroxylation is 1. The Kier molecular flexibility index (Phi) is 6.80. The van der Waals surface area contributed by atoms with Crippen LogP contribution in [0.5, 0.6) is 5.75 Å². The van der Waals surface area contributed by atoms with Crippen molar-refractivity contribution in [2.45, 2.75) is 52.7 Å². The Morgan fingerprint density at radius 3 is 2.23 bits per heavy atom. The van der Waals surface area contributed by atoms with Crippen LogP contribution in [0, 0.1) is 6.92 Å². The Hall–Kier alpha value is -4.52. The first kappa shape index (κ1) is 24.8. The van der Waals surface area contributed by atoms with Gasteiger partial charge >= 0.3 is 0 Å². The minimum atomic E-state index is -0.0647. The maximum absolute atomic E-state index is 13.9. The van der Waals surface area contributed by atoms with Crippen LogP contribution in [0.1, 0.15) is 44.0 Å². The third-order valence-electron chi connectivity index (χ3n) is 7.13. The lowest BCUT2D eigenvalue weighted by molar-refractivity contribution is 0.306. The predicted molar refractivity (Wildman–Crippen MR) is 156 cm³/mol. The molecule has 3 aromatic heterocycles. The highest BCUT2D eigenvalue weighted by atomic mass is 16.5. The minimum Gasteiger partial charge on any atom is -0.489 e. The van der Waals surface area contributed by atoms with Crippen LogP contribution in [0.2, 0.25) is 0 Å². The fourth-order valence-corrected chi connectivity index (χ4v) is 5.07. The molecule has 0 spiro atoms. The summed E-state index contributed by atoms with van der Waals surface area (Å²) < 4.78 is 9.74. The number of hydrogen-bond donors (Lipinski definition) is 0. The molecule has 3 heterocycles. The third-order valence-corrected chi connectivity index (χ3v) is 7.13. The van der Waals surface area contributed by atoms with E-state index in [9.17, 15) is 4.79 Å². The van der Waals surface area contributed by atoms with Crippen molar-refractivity contribution < 1.29 is 4.74 Å². The summed E-state index contributed by atoms with van der Waals surface area (Å²) in [7, 11) is 0. The molecule has 0 saturated heterocycles. The van der Waals surface area contributed by atoms with E-state index in [1.807, 2.05) is 90.4 Å². The molecule has 6 aromatic rings. The largest absolute Gasteiger partial charge is 0.489 e. The highest BCUT2D eigenvalue weighted by Gasteiger charge is 2.22. The second-order valence-electron chi connectivity index (χ2n) is 9.86. The average Bonchev–Trinajstić information content (AvgIpc) is 3.28. The summed E-state index contributed by atoms with van der Waals surface area (Å²) in [5.74, 6) is 1.46. The van der Waals surface area contributed by atoms with Gasteiger partial charge in [0.2, 0.25) is 0 Å². The van der Waals surface area contributed by atoms with Crippen molar-refractivity contribution >= 4 is 33.2 Å². The summed E-state index contributed by atoms with van der Waals surface area (Å²) in [6.45, 7) is 5.23. The molecule has 39 heavy (non-hydrogen) atoms. The van der Waals surface area contributed by atoms with Gasteiger partial charge in [0, 0.05) is 12.2 Å².